The lowest BCUT2D eigenvalue weighted by Crippen LogP contribution is -2.38. The van der Waals surface area contributed by atoms with Crippen molar-refractivity contribution in [3.8, 4) is 0 Å². The molecule has 0 aromatic heterocycles. The number of hydrogen-bond acceptors (Lipinski definition) is 4. The Morgan fingerprint density at radius 1 is 1.26 bits per heavy atom. The molecular formula is C14H19NO4. The van der Waals surface area contributed by atoms with Gasteiger partial charge in [0.1, 0.15) is 5.60 Å². The summed E-state index contributed by atoms with van der Waals surface area (Å²) in [6, 6.07) is 7.41. The fourth-order valence-electron chi connectivity index (χ4n) is 1.65. The molecule has 1 fully saturated rings. The largest absolute Gasteiger partial charge is 0.369 e. The third-order valence-corrected chi connectivity index (χ3v) is 3.12. The lowest BCUT2D eigenvalue weighted by molar-refractivity contribution is -0.133. The molecule has 0 aliphatic carbocycles. The van der Waals surface area contributed by atoms with Crippen LogP contribution in [0.2, 0.25) is 0 Å². The van der Waals surface area contributed by atoms with E-state index in [1.165, 1.54) is 7.11 Å². The first-order chi connectivity index (χ1) is 9.03. The van der Waals surface area contributed by atoms with Gasteiger partial charge in [-0.05, 0) is 26.0 Å². The molecule has 1 aromatic carbocycles. The van der Waals surface area contributed by atoms with E-state index in [4.69, 9.17) is 14.2 Å². The summed E-state index contributed by atoms with van der Waals surface area (Å²) in [5, 5.41) is 2.81. The number of nitrogens with one attached hydrogen (secondary N) is 1. The van der Waals surface area contributed by atoms with E-state index in [1.54, 1.807) is 13.8 Å². The van der Waals surface area contributed by atoms with Crippen molar-refractivity contribution in [1.29, 1.82) is 0 Å². The van der Waals surface area contributed by atoms with Gasteiger partial charge in [-0.25, -0.2) is 0 Å². The fraction of sp³-hybridized carbons (Fsp3) is 0.500. The lowest BCUT2D eigenvalue weighted by atomic mass is 10.1. The quantitative estimate of drug-likeness (QED) is 0.905. The van der Waals surface area contributed by atoms with Gasteiger partial charge in [0.05, 0.1) is 13.2 Å². The van der Waals surface area contributed by atoms with Crippen LogP contribution in [0.3, 0.4) is 0 Å². The lowest BCUT2D eigenvalue weighted by Gasteiger charge is -2.21. The van der Waals surface area contributed by atoms with E-state index < -0.39 is 5.60 Å². The first-order valence-corrected chi connectivity index (χ1v) is 6.23. The Morgan fingerprint density at radius 2 is 1.84 bits per heavy atom. The van der Waals surface area contributed by atoms with Crippen molar-refractivity contribution in [3.63, 3.8) is 0 Å². The van der Waals surface area contributed by atoms with Gasteiger partial charge in [0.25, 0.3) is 5.91 Å². The predicted molar refractivity (Wildman–Crippen MR) is 70.8 cm³/mol. The van der Waals surface area contributed by atoms with Crippen LogP contribution in [0.1, 0.15) is 25.7 Å². The number of carbonyl (C=O) groups is 1. The van der Waals surface area contributed by atoms with E-state index in [-0.39, 0.29) is 12.2 Å². The van der Waals surface area contributed by atoms with E-state index >= 15 is 0 Å². The van der Waals surface area contributed by atoms with E-state index in [0.29, 0.717) is 13.2 Å². The maximum atomic E-state index is 11.9. The smallest absolute Gasteiger partial charge is 0.256 e. The highest BCUT2D eigenvalue weighted by Gasteiger charge is 2.27. The maximum absolute atomic E-state index is 11.9. The van der Waals surface area contributed by atoms with Gasteiger partial charge in [-0.1, -0.05) is 12.1 Å². The van der Waals surface area contributed by atoms with Crippen molar-refractivity contribution in [1.82, 2.24) is 0 Å². The number of anilines is 1. The first-order valence-electron chi connectivity index (χ1n) is 6.23. The highest BCUT2D eigenvalue weighted by atomic mass is 16.7. The molecule has 1 amide bonds. The standard InChI is InChI=1S/C14H19NO4/c1-14(2,17-3)13(16)15-11-6-4-10(5-7-11)12-18-8-9-19-12/h4-7,12H,8-9H2,1-3H3,(H,15,16). The van der Waals surface area contributed by atoms with Crippen molar-refractivity contribution >= 4 is 11.6 Å². The van der Waals surface area contributed by atoms with Crippen LogP contribution in [0.4, 0.5) is 5.69 Å². The van der Waals surface area contributed by atoms with Crippen molar-refractivity contribution in [2.24, 2.45) is 0 Å². The molecule has 0 radical (unpaired) electrons. The molecule has 0 atom stereocenters. The monoisotopic (exact) mass is 265 g/mol. The molecule has 0 bridgehead atoms. The molecule has 1 heterocycles. The molecular weight excluding hydrogens is 246 g/mol. The maximum Gasteiger partial charge on any atom is 0.256 e. The van der Waals surface area contributed by atoms with Crippen LogP contribution in [0.25, 0.3) is 0 Å². The van der Waals surface area contributed by atoms with Crippen LogP contribution >= 0.6 is 0 Å². The second-order valence-corrected chi connectivity index (χ2v) is 4.86. The number of benzene rings is 1. The van der Waals surface area contributed by atoms with E-state index in [1.807, 2.05) is 24.3 Å². The molecule has 1 aliphatic rings. The second-order valence-electron chi connectivity index (χ2n) is 4.86. The summed E-state index contributed by atoms with van der Waals surface area (Å²) in [5.74, 6) is -0.184. The SMILES string of the molecule is COC(C)(C)C(=O)Nc1ccc(C2OCCO2)cc1. The van der Waals surface area contributed by atoms with Gasteiger partial charge < -0.3 is 19.5 Å². The summed E-state index contributed by atoms with van der Waals surface area (Å²) < 4.78 is 15.9. The van der Waals surface area contributed by atoms with E-state index in [0.717, 1.165) is 11.3 Å². The molecule has 0 unspecified atom stereocenters. The highest BCUT2D eigenvalue weighted by Crippen LogP contribution is 2.24. The summed E-state index contributed by atoms with van der Waals surface area (Å²) in [6.07, 6.45) is -0.292. The van der Waals surface area contributed by atoms with Crippen LogP contribution in [0.15, 0.2) is 24.3 Å². The average Bonchev–Trinajstić information content (AvgIpc) is 2.93. The first kappa shape index (κ1) is 14.0. The molecule has 1 N–H and O–H groups in total. The molecule has 104 valence electrons. The number of rotatable bonds is 4. The van der Waals surface area contributed by atoms with Crippen LogP contribution in [-0.2, 0) is 19.0 Å². The molecule has 0 spiro atoms. The topological polar surface area (TPSA) is 56.8 Å². The molecule has 5 nitrogen and oxygen atoms in total. The molecule has 1 aromatic rings. The Hall–Kier alpha value is -1.43. The summed E-state index contributed by atoms with van der Waals surface area (Å²) in [4.78, 5) is 11.9. The van der Waals surface area contributed by atoms with Gasteiger partial charge in [0.15, 0.2) is 6.29 Å². The molecule has 0 saturated carbocycles. The molecule has 1 saturated heterocycles. The Morgan fingerprint density at radius 3 is 2.37 bits per heavy atom. The minimum absolute atomic E-state index is 0.184. The number of methoxy groups -OCH3 is 1. The Bertz CT molecular complexity index is 435. The number of ether oxygens (including phenoxy) is 3. The predicted octanol–water partition coefficient (Wildman–Crippen LogP) is 2.10. The van der Waals surface area contributed by atoms with Gasteiger partial charge in [-0.15, -0.1) is 0 Å². The Balaban J connectivity index is 2.00. The normalized spacial score (nSPS) is 16.6. The number of hydrogen-bond donors (Lipinski definition) is 1. The van der Waals surface area contributed by atoms with Gasteiger partial charge >= 0.3 is 0 Å². The van der Waals surface area contributed by atoms with Crippen LogP contribution in [-0.4, -0.2) is 31.8 Å². The van der Waals surface area contributed by atoms with Crippen molar-refractivity contribution in [2.75, 3.05) is 25.6 Å². The summed E-state index contributed by atoms with van der Waals surface area (Å²) in [6.45, 7) is 4.67. The van der Waals surface area contributed by atoms with E-state index in [2.05, 4.69) is 5.32 Å². The average molecular weight is 265 g/mol. The van der Waals surface area contributed by atoms with Gasteiger partial charge in [-0.3, -0.25) is 4.79 Å². The fourth-order valence-corrected chi connectivity index (χ4v) is 1.65. The Labute approximate surface area is 112 Å². The van der Waals surface area contributed by atoms with Crippen LogP contribution in [0, 0.1) is 0 Å². The molecule has 5 heteroatoms. The van der Waals surface area contributed by atoms with Crippen molar-refractivity contribution in [2.45, 2.75) is 25.7 Å². The van der Waals surface area contributed by atoms with E-state index in [9.17, 15) is 4.79 Å². The van der Waals surface area contributed by atoms with Crippen LogP contribution in [0.5, 0.6) is 0 Å². The third-order valence-electron chi connectivity index (χ3n) is 3.12. The van der Waals surface area contributed by atoms with Crippen LogP contribution < -0.4 is 5.32 Å². The minimum atomic E-state index is -0.851. The summed E-state index contributed by atoms with van der Waals surface area (Å²) >= 11 is 0. The third kappa shape index (κ3) is 3.32. The summed E-state index contributed by atoms with van der Waals surface area (Å²) in [5.41, 5.74) is 0.814. The number of amides is 1. The zero-order chi connectivity index (χ0) is 13.9. The van der Waals surface area contributed by atoms with Gasteiger partial charge in [-0.2, -0.15) is 0 Å². The zero-order valence-electron chi connectivity index (χ0n) is 11.4. The van der Waals surface area contributed by atoms with Gasteiger partial charge in [0, 0.05) is 18.4 Å². The molecule has 1 aliphatic heterocycles. The Kier molecular flexibility index (Phi) is 4.19. The summed E-state index contributed by atoms with van der Waals surface area (Å²) in [7, 11) is 1.51. The highest BCUT2D eigenvalue weighted by molar-refractivity contribution is 5.96. The van der Waals surface area contributed by atoms with Gasteiger partial charge in [0.2, 0.25) is 0 Å². The number of carbonyl (C=O) groups excluding carboxylic acids is 1. The second kappa shape index (κ2) is 5.69. The van der Waals surface area contributed by atoms with Crippen molar-refractivity contribution in [3.05, 3.63) is 29.8 Å². The molecule has 19 heavy (non-hydrogen) atoms. The zero-order valence-corrected chi connectivity index (χ0v) is 11.4. The van der Waals surface area contributed by atoms with Crippen molar-refractivity contribution < 1.29 is 19.0 Å². The minimum Gasteiger partial charge on any atom is -0.369 e. The molecule has 2 rings (SSSR count).